The number of halogens is 1. The van der Waals surface area contributed by atoms with Crippen LogP contribution < -0.4 is 4.90 Å². The van der Waals surface area contributed by atoms with Crippen LogP contribution in [0, 0.1) is 5.82 Å². The van der Waals surface area contributed by atoms with E-state index in [1.165, 1.54) is 22.7 Å². The molecule has 104 valence electrons. The summed E-state index contributed by atoms with van der Waals surface area (Å²) in [4.78, 5) is 18.2. The van der Waals surface area contributed by atoms with Crippen molar-refractivity contribution in [2.24, 2.45) is 0 Å². The highest BCUT2D eigenvalue weighted by atomic mass is 32.1. The molecule has 0 saturated heterocycles. The van der Waals surface area contributed by atoms with Crippen LogP contribution in [0.25, 0.3) is 0 Å². The van der Waals surface area contributed by atoms with Gasteiger partial charge in [0.05, 0.1) is 6.04 Å². The van der Waals surface area contributed by atoms with Crippen molar-refractivity contribution in [3.8, 4) is 0 Å². The molecule has 1 aliphatic heterocycles. The number of rotatable bonds is 2. The maximum atomic E-state index is 14.3. The first kappa shape index (κ1) is 13.1. The minimum absolute atomic E-state index is 0.00366. The zero-order chi connectivity index (χ0) is 14.3. The first-order chi connectivity index (χ1) is 9.59. The number of aromatic nitrogens is 1. The molecule has 0 saturated carbocycles. The van der Waals surface area contributed by atoms with Gasteiger partial charge in [0.2, 0.25) is 0 Å². The predicted molar refractivity (Wildman–Crippen MR) is 74.9 cm³/mol. The SMILES string of the molecule is CC1c2ccsc2CCN1c1nccc(C(=O)O)c1F. The number of hydrogen-bond donors (Lipinski definition) is 1. The average Bonchev–Trinajstić information content (AvgIpc) is 2.89. The van der Waals surface area contributed by atoms with Crippen molar-refractivity contribution < 1.29 is 14.3 Å². The number of anilines is 1. The standard InChI is InChI=1S/C14H13FN2O2S/c1-8-9-4-7-20-11(9)3-6-17(8)13-12(15)10(14(18)19)2-5-16-13/h2,4-5,7-8H,3,6H2,1H3,(H,18,19). The van der Waals surface area contributed by atoms with Crippen LogP contribution in [0.15, 0.2) is 23.7 Å². The number of pyridine rings is 1. The van der Waals surface area contributed by atoms with Crippen molar-refractivity contribution in [3.05, 3.63) is 45.5 Å². The van der Waals surface area contributed by atoms with Gasteiger partial charge in [0.1, 0.15) is 5.56 Å². The van der Waals surface area contributed by atoms with E-state index in [2.05, 4.69) is 4.98 Å². The Labute approximate surface area is 119 Å². The van der Waals surface area contributed by atoms with Crippen LogP contribution in [0.2, 0.25) is 0 Å². The third kappa shape index (κ3) is 1.96. The van der Waals surface area contributed by atoms with Crippen molar-refractivity contribution in [2.75, 3.05) is 11.4 Å². The van der Waals surface area contributed by atoms with Gasteiger partial charge < -0.3 is 10.0 Å². The Morgan fingerprint density at radius 3 is 3.10 bits per heavy atom. The average molecular weight is 292 g/mol. The van der Waals surface area contributed by atoms with Crippen LogP contribution in [-0.2, 0) is 6.42 Å². The van der Waals surface area contributed by atoms with Crippen molar-refractivity contribution in [1.82, 2.24) is 4.98 Å². The highest BCUT2D eigenvalue weighted by Gasteiger charge is 2.29. The molecule has 0 radical (unpaired) electrons. The minimum Gasteiger partial charge on any atom is -0.478 e. The molecule has 3 heterocycles. The second-order valence-corrected chi connectivity index (χ2v) is 5.72. The lowest BCUT2D eigenvalue weighted by atomic mass is 10.0. The van der Waals surface area contributed by atoms with Gasteiger partial charge in [-0.05, 0) is 36.4 Å². The molecule has 20 heavy (non-hydrogen) atoms. The summed E-state index contributed by atoms with van der Waals surface area (Å²) in [5.41, 5.74) is 0.835. The summed E-state index contributed by atoms with van der Waals surface area (Å²) in [5, 5.41) is 11.0. The maximum absolute atomic E-state index is 14.3. The molecule has 0 aromatic carbocycles. The van der Waals surface area contributed by atoms with Gasteiger partial charge in [-0.1, -0.05) is 0 Å². The summed E-state index contributed by atoms with van der Waals surface area (Å²) in [6, 6.07) is 3.22. The van der Waals surface area contributed by atoms with E-state index in [0.29, 0.717) is 6.54 Å². The lowest BCUT2D eigenvalue weighted by molar-refractivity contribution is 0.0691. The molecular formula is C14H13FN2O2S. The second kappa shape index (κ2) is 4.86. The van der Waals surface area contributed by atoms with Gasteiger partial charge >= 0.3 is 5.97 Å². The van der Waals surface area contributed by atoms with E-state index in [1.807, 2.05) is 23.3 Å². The lowest BCUT2D eigenvalue weighted by Crippen LogP contribution is -2.34. The van der Waals surface area contributed by atoms with Crippen molar-refractivity contribution in [2.45, 2.75) is 19.4 Å². The molecule has 0 aliphatic carbocycles. The molecule has 1 N–H and O–H groups in total. The van der Waals surface area contributed by atoms with Gasteiger partial charge in [-0.15, -0.1) is 11.3 Å². The predicted octanol–water partition coefficient (Wildman–Crippen LogP) is 3.10. The highest BCUT2D eigenvalue weighted by molar-refractivity contribution is 7.10. The molecule has 1 aliphatic rings. The topological polar surface area (TPSA) is 53.4 Å². The van der Waals surface area contributed by atoms with E-state index in [1.54, 1.807) is 11.3 Å². The fourth-order valence-electron chi connectivity index (χ4n) is 2.60. The zero-order valence-corrected chi connectivity index (χ0v) is 11.7. The highest BCUT2D eigenvalue weighted by Crippen LogP contribution is 2.36. The number of carbonyl (C=O) groups is 1. The molecule has 2 aromatic rings. The molecule has 1 unspecified atom stereocenters. The van der Waals surface area contributed by atoms with Gasteiger partial charge in [-0.3, -0.25) is 0 Å². The fourth-order valence-corrected chi connectivity index (χ4v) is 3.56. The number of fused-ring (bicyclic) bond motifs is 1. The summed E-state index contributed by atoms with van der Waals surface area (Å²) in [5.74, 6) is -1.91. The molecule has 3 rings (SSSR count). The molecule has 1 atom stereocenters. The minimum atomic E-state index is -1.27. The largest absolute Gasteiger partial charge is 0.478 e. The molecule has 0 amide bonds. The lowest BCUT2D eigenvalue weighted by Gasteiger charge is -2.34. The maximum Gasteiger partial charge on any atom is 0.338 e. The first-order valence-corrected chi connectivity index (χ1v) is 7.18. The Kier molecular flexibility index (Phi) is 3.17. The second-order valence-electron chi connectivity index (χ2n) is 4.72. The van der Waals surface area contributed by atoms with Gasteiger partial charge in [0, 0.05) is 17.6 Å². The Morgan fingerprint density at radius 2 is 2.35 bits per heavy atom. The van der Waals surface area contributed by atoms with E-state index in [0.717, 1.165) is 6.42 Å². The normalized spacial score (nSPS) is 17.9. The summed E-state index contributed by atoms with van der Waals surface area (Å²) in [6.07, 6.45) is 2.17. The van der Waals surface area contributed by atoms with Crippen molar-refractivity contribution in [3.63, 3.8) is 0 Å². The molecule has 4 nitrogen and oxygen atoms in total. The third-order valence-corrected chi connectivity index (χ3v) is 4.65. The van der Waals surface area contributed by atoms with E-state index in [-0.39, 0.29) is 17.4 Å². The smallest absolute Gasteiger partial charge is 0.338 e. The molecule has 0 fully saturated rings. The van der Waals surface area contributed by atoms with Gasteiger partial charge in [0.15, 0.2) is 11.6 Å². The fraction of sp³-hybridized carbons (Fsp3) is 0.286. The number of thiophene rings is 1. The molecule has 2 aromatic heterocycles. The summed E-state index contributed by atoms with van der Waals surface area (Å²) >= 11 is 1.70. The van der Waals surface area contributed by atoms with Crippen LogP contribution >= 0.6 is 11.3 Å². The number of hydrogen-bond acceptors (Lipinski definition) is 4. The van der Waals surface area contributed by atoms with Crippen LogP contribution in [0.3, 0.4) is 0 Å². The molecule has 6 heteroatoms. The van der Waals surface area contributed by atoms with Crippen molar-refractivity contribution in [1.29, 1.82) is 0 Å². The van der Waals surface area contributed by atoms with Crippen LogP contribution in [0.1, 0.15) is 33.8 Å². The van der Waals surface area contributed by atoms with Crippen LogP contribution in [0.4, 0.5) is 10.2 Å². The molecule has 0 spiro atoms. The van der Waals surface area contributed by atoms with Gasteiger partial charge in [-0.2, -0.15) is 0 Å². The van der Waals surface area contributed by atoms with Gasteiger partial charge in [-0.25, -0.2) is 14.2 Å². The van der Waals surface area contributed by atoms with E-state index in [9.17, 15) is 9.18 Å². The monoisotopic (exact) mass is 292 g/mol. The van der Waals surface area contributed by atoms with Crippen LogP contribution in [-0.4, -0.2) is 22.6 Å². The van der Waals surface area contributed by atoms with E-state index >= 15 is 0 Å². The quantitative estimate of drug-likeness (QED) is 0.924. The van der Waals surface area contributed by atoms with E-state index < -0.39 is 11.8 Å². The zero-order valence-electron chi connectivity index (χ0n) is 10.8. The van der Waals surface area contributed by atoms with Crippen molar-refractivity contribution >= 4 is 23.1 Å². The van der Waals surface area contributed by atoms with E-state index in [4.69, 9.17) is 5.11 Å². The molecule has 0 bridgehead atoms. The Balaban J connectivity index is 2.03. The van der Waals surface area contributed by atoms with Crippen LogP contribution in [0.5, 0.6) is 0 Å². The Bertz CT molecular complexity index is 671. The Morgan fingerprint density at radius 1 is 1.55 bits per heavy atom. The third-order valence-electron chi connectivity index (χ3n) is 3.65. The first-order valence-electron chi connectivity index (χ1n) is 6.30. The number of carboxylic acid groups (broad SMARTS) is 1. The molecular weight excluding hydrogens is 279 g/mol. The Hall–Kier alpha value is -1.95. The summed E-state index contributed by atoms with van der Waals surface area (Å²) < 4.78 is 14.3. The number of carboxylic acids is 1. The number of nitrogens with zero attached hydrogens (tertiary/aromatic N) is 2. The summed E-state index contributed by atoms with van der Waals surface area (Å²) in [6.45, 7) is 2.63. The van der Waals surface area contributed by atoms with Gasteiger partial charge in [0.25, 0.3) is 0 Å². The summed E-state index contributed by atoms with van der Waals surface area (Å²) in [7, 11) is 0. The number of aromatic carboxylic acids is 1.